The SMILES string of the molecule is Cc1cc(NC(=O)CC(=O)OC(=O)CC(=O)Nc2cc(Br)c(OCc3cc(Cl)cc(NCC4CC4)c3)c(Br)c2)cc(C)c1OCc1cc(Cl)cc(NCC2CC2)c1. The summed E-state index contributed by atoms with van der Waals surface area (Å²) in [6, 6.07) is 18.2. The molecule has 15 heteroatoms. The van der Waals surface area contributed by atoms with E-state index >= 15 is 0 Å². The number of nitrogens with one attached hydrogen (secondary N) is 4. The smallest absolute Gasteiger partial charge is 0.322 e. The first-order valence-electron chi connectivity index (χ1n) is 18.5. The summed E-state index contributed by atoms with van der Waals surface area (Å²) < 4.78 is 18.0. The van der Waals surface area contributed by atoms with E-state index in [0.29, 0.717) is 54.4 Å². The Morgan fingerprint density at radius 1 is 0.596 bits per heavy atom. The Morgan fingerprint density at radius 3 is 1.46 bits per heavy atom. The van der Waals surface area contributed by atoms with Crippen LogP contribution in [0.25, 0.3) is 0 Å². The molecule has 4 N–H and O–H groups in total. The van der Waals surface area contributed by atoms with Crippen LogP contribution in [0.2, 0.25) is 10.0 Å². The van der Waals surface area contributed by atoms with Crippen molar-refractivity contribution in [3.63, 3.8) is 0 Å². The molecule has 2 aliphatic rings. The van der Waals surface area contributed by atoms with Crippen LogP contribution in [0.3, 0.4) is 0 Å². The van der Waals surface area contributed by atoms with Gasteiger partial charge in [0.25, 0.3) is 0 Å². The van der Waals surface area contributed by atoms with Gasteiger partial charge in [-0.25, -0.2) is 0 Å². The molecule has 0 unspecified atom stereocenters. The van der Waals surface area contributed by atoms with Crippen LogP contribution in [0.5, 0.6) is 11.5 Å². The predicted molar refractivity (Wildman–Crippen MR) is 229 cm³/mol. The molecular weight excluding hydrogens is 903 g/mol. The van der Waals surface area contributed by atoms with Gasteiger partial charge in [0, 0.05) is 45.9 Å². The number of esters is 2. The highest BCUT2D eigenvalue weighted by molar-refractivity contribution is 9.11. The van der Waals surface area contributed by atoms with E-state index in [1.54, 1.807) is 24.3 Å². The van der Waals surface area contributed by atoms with E-state index in [1.165, 1.54) is 25.7 Å². The van der Waals surface area contributed by atoms with Gasteiger partial charge in [-0.15, -0.1) is 0 Å². The second kappa shape index (κ2) is 19.4. The lowest BCUT2D eigenvalue weighted by molar-refractivity contribution is -0.160. The molecule has 11 nitrogen and oxygen atoms in total. The first kappa shape index (κ1) is 42.3. The summed E-state index contributed by atoms with van der Waals surface area (Å²) in [5.41, 5.74) is 6.02. The summed E-state index contributed by atoms with van der Waals surface area (Å²) >= 11 is 19.6. The average molecular weight is 946 g/mol. The van der Waals surface area contributed by atoms with Gasteiger partial charge in [0.2, 0.25) is 11.8 Å². The fourth-order valence-corrected chi connectivity index (χ4v) is 7.97. The molecule has 0 aliphatic heterocycles. The zero-order valence-electron chi connectivity index (χ0n) is 31.4. The topological polar surface area (TPSA) is 144 Å². The lowest BCUT2D eigenvalue weighted by Gasteiger charge is -2.16. The van der Waals surface area contributed by atoms with Crippen molar-refractivity contribution < 1.29 is 33.4 Å². The van der Waals surface area contributed by atoms with Crippen molar-refractivity contribution in [1.82, 2.24) is 0 Å². The summed E-state index contributed by atoms with van der Waals surface area (Å²) in [7, 11) is 0. The van der Waals surface area contributed by atoms with Gasteiger partial charge in [-0.1, -0.05) is 23.2 Å². The lowest BCUT2D eigenvalue weighted by atomic mass is 10.1. The number of halogens is 4. The van der Waals surface area contributed by atoms with Gasteiger partial charge < -0.3 is 35.5 Å². The Kier molecular flexibility index (Phi) is 14.4. The maximum atomic E-state index is 12.7. The number of ether oxygens (including phenoxy) is 3. The molecule has 0 saturated heterocycles. The van der Waals surface area contributed by atoms with E-state index in [2.05, 4.69) is 53.1 Å². The Bertz CT molecular complexity index is 1980. The van der Waals surface area contributed by atoms with Gasteiger partial charge in [0.15, 0.2) is 0 Å². The monoisotopic (exact) mass is 942 g/mol. The van der Waals surface area contributed by atoms with Crippen LogP contribution in [0.15, 0.2) is 69.6 Å². The number of rotatable bonds is 18. The van der Waals surface area contributed by atoms with Gasteiger partial charge in [0.1, 0.15) is 37.6 Å². The zero-order valence-corrected chi connectivity index (χ0v) is 36.1. The molecule has 0 heterocycles. The molecular formula is C42H42Br2Cl2N4O7. The van der Waals surface area contributed by atoms with Gasteiger partial charge in [-0.2, -0.15) is 0 Å². The van der Waals surface area contributed by atoms with Crippen molar-refractivity contribution in [3.8, 4) is 11.5 Å². The van der Waals surface area contributed by atoms with E-state index in [9.17, 15) is 19.2 Å². The highest BCUT2D eigenvalue weighted by Crippen LogP contribution is 2.38. The minimum absolute atomic E-state index is 0.241. The molecule has 57 heavy (non-hydrogen) atoms. The van der Waals surface area contributed by atoms with Crippen molar-refractivity contribution in [2.24, 2.45) is 11.8 Å². The quantitative estimate of drug-likeness (QED) is 0.0566. The second-order valence-corrected chi connectivity index (χ2v) is 17.0. The van der Waals surface area contributed by atoms with Crippen molar-refractivity contribution in [1.29, 1.82) is 0 Å². The van der Waals surface area contributed by atoms with Crippen LogP contribution in [0, 0.1) is 25.7 Å². The molecule has 4 aromatic rings. The number of aryl methyl sites for hydroxylation is 2. The van der Waals surface area contributed by atoms with E-state index in [-0.39, 0.29) is 6.61 Å². The number of carbonyl (C=O) groups excluding carboxylic acids is 4. The third kappa shape index (κ3) is 13.4. The van der Waals surface area contributed by atoms with Crippen molar-refractivity contribution in [2.75, 3.05) is 34.4 Å². The Balaban J connectivity index is 0.932. The molecule has 4 aromatic carbocycles. The third-order valence-electron chi connectivity index (χ3n) is 9.13. The van der Waals surface area contributed by atoms with Crippen LogP contribution in [-0.4, -0.2) is 36.8 Å². The van der Waals surface area contributed by atoms with Gasteiger partial charge in [0.05, 0.1) is 8.95 Å². The highest BCUT2D eigenvalue weighted by Gasteiger charge is 2.22. The summed E-state index contributed by atoms with van der Waals surface area (Å²) in [5.74, 6) is -1.00. The molecule has 0 bridgehead atoms. The number of hydrogen-bond acceptors (Lipinski definition) is 9. The molecule has 2 aliphatic carbocycles. The third-order valence-corrected chi connectivity index (χ3v) is 10.7. The Morgan fingerprint density at radius 2 is 1.02 bits per heavy atom. The molecule has 0 spiro atoms. The fourth-order valence-electron chi connectivity index (χ4n) is 6.04. The van der Waals surface area contributed by atoms with E-state index in [0.717, 1.165) is 52.6 Å². The van der Waals surface area contributed by atoms with Crippen LogP contribution < -0.4 is 30.7 Å². The molecule has 2 saturated carbocycles. The first-order chi connectivity index (χ1) is 27.3. The normalized spacial score (nSPS) is 13.4. The van der Waals surface area contributed by atoms with E-state index < -0.39 is 36.6 Å². The molecule has 0 radical (unpaired) electrons. The number of hydrogen-bond donors (Lipinski definition) is 4. The van der Waals surface area contributed by atoms with Gasteiger partial charge in [-0.05, 0) is 166 Å². The predicted octanol–water partition coefficient (Wildman–Crippen LogP) is 10.4. The highest BCUT2D eigenvalue weighted by atomic mass is 79.9. The van der Waals surface area contributed by atoms with Crippen molar-refractivity contribution in [3.05, 3.63) is 102 Å². The minimum atomic E-state index is -1.10. The van der Waals surface area contributed by atoms with Crippen LogP contribution in [0.1, 0.15) is 60.8 Å². The summed E-state index contributed by atoms with van der Waals surface area (Å²) in [6.45, 7) is 6.07. The number of amides is 2. The molecule has 0 atom stereocenters. The molecule has 2 amide bonds. The zero-order chi connectivity index (χ0) is 40.6. The maximum Gasteiger partial charge on any atom is 0.322 e. The second-order valence-electron chi connectivity index (χ2n) is 14.4. The molecule has 0 aromatic heterocycles. The summed E-state index contributed by atoms with van der Waals surface area (Å²) in [4.78, 5) is 50.1. The van der Waals surface area contributed by atoms with E-state index in [4.69, 9.17) is 37.4 Å². The number of anilines is 4. The standard InChI is InChI=1S/C42H42Br2Cl2N4O7/c1-23-7-33(8-24(2)41(23)55-21-27-9-29(45)13-31(11-27)47-19-25-3-4-25)49-37(51)17-39(53)57-40(54)18-38(52)50-34-15-35(43)42(36(44)16-34)56-22-28-10-30(46)14-32(12-28)48-20-26-5-6-26/h7-16,25-26,47-48H,3-6,17-22H2,1-2H3,(H,49,51)(H,50,52). The molecule has 6 rings (SSSR count). The molecule has 2 fully saturated rings. The lowest BCUT2D eigenvalue weighted by Crippen LogP contribution is -2.23. The van der Waals surface area contributed by atoms with Crippen molar-refractivity contribution >= 4 is 102 Å². The van der Waals surface area contributed by atoms with Crippen LogP contribution >= 0.6 is 55.1 Å². The fraction of sp³-hybridized carbons (Fsp3) is 0.333. The average Bonchev–Trinajstić information content (AvgIpc) is 4.05. The van der Waals surface area contributed by atoms with Crippen LogP contribution in [-0.2, 0) is 37.1 Å². The first-order valence-corrected chi connectivity index (χ1v) is 20.9. The van der Waals surface area contributed by atoms with Crippen LogP contribution in [0.4, 0.5) is 22.7 Å². The van der Waals surface area contributed by atoms with E-state index in [1.807, 2.05) is 50.2 Å². The maximum absolute atomic E-state index is 12.7. The Hall–Kier alpha value is -4.30. The molecule has 300 valence electrons. The minimum Gasteiger partial charge on any atom is -0.488 e. The van der Waals surface area contributed by atoms with Crippen molar-refractivity contribution in [2.45, 2.75) is 65.6 Å². The summed E-state index contributed by atoms with van der Waals surface area (Å²) in [6.07, 6.45) is 3.51. The largest absolute Gasteiger partial charge is 0.488 e. The number of carbonyl (C=O) groups is 4. The Labute approximate surface area is 358 Å². The van der Waals surface area contributed by atoms with Gasteiger partial charge >= 0.3 is 11.9 Å². The van der Waals surface area contributed by atoms with Gasteiger partial charge in [-0.3, -0.25) is 19.2 Å². The number of benzene rings is 4. The summed E-state index contributed by atoms with van der Waals surface area (Å²) in [5, 5.41) is 13.3.